The molecule has 16 heteroatoms. The van der Waals surface area contributed by atoms with Gasteiger partial charge < -0.3 is 52.1 Å². The van der Waals surface area contributed by atoms with Gasteiger partial charge in [0.2, 0.25) is 0 Å². The summed E-state index contributed by atoms with van der Waals surface area (Å²) in [5.74, 6) is 1.27. The zero-order valence-electron chi connectivity index (χ0n) is 45.4. The standard InChI is InChI=1S/C60H74O16/c1-10-60(4,58(65)74-35-34-72-48-23-16-43(17-24-48)20-27-54(61)68-7)31-15-30-59(2,3)57(64)73-33-14-12-11-13-32-71-49-37-46(41-75-50-25-18-44(39-52(50)66-5)21-28-55(62)69-8)36-47(38-49)42-76-51-26-19-45(40-53(51)67-6)22-29-56(63)70-9/h16-29,36-40H,10-15,30-35,41-42H2,1-9H3/b27-20+,28-21+,29-22+. The number of hydrogen-bond donors (Lipinski definition) is 0. The molecule has 1 atom stereocenters. The summed E-state index contributed by atoms with van der Waals surface area (Å²) >= 11 is 0. The molecule has 0 bridgehead atoms. The third-order valence-corrected chi connectivity index (χ3v) is 12.4. The number of rotatable bonds is 33. The van der Waals surface area contributed by atoms with Crippen LogP contribution in [0.25, 0.3) is 18.2 Å². The molecule has 4 aromatic carbocycles. The largest absolute Gasteiger partial charge is 0.494 e. The summed E-state index contributed by atoms with van der Waals surface area (Å²) in [5, 5.41) is 0. The molecule has 0 heterocycles. The first kappa shape index (κ1) is 60.8. The van der Waals surface area contributed by atoms with E-state index in [2.05, 4.69) is 4.74 Å². The Morgan fingerprint density at radius 3 is 1.42 bits per heavy atom. The van der Waals surface area contributed by atoms with Crippen LogP contribution in [0.5, 0.6) is 34.5 Å². The highest BCUT2D eigenvalue weighted by atomic mass is 16.6. The van der Waals surface area contributed by atoms with E-state index in [1.807, 2.05) is 45.9 Å². The van der Waals surface area contributed by atoms with Crippen molar-refractivity contribution >= 4 is 48.1 Å². The molecule has 0 saturated heterocycles. The normalized spacial score (nSPS) is 12.2. The van der Waals surface area contributed by atoms with Gasteiger partial charge in [0.05, 0.1) is 59.6 Å². The molecule has 0 aliphatic carbocycles. The van der Waals surface area contributed by atoms with Crippen LogP contribution in [0.1, 0.15) is 107 Å². The summed E-state index contributed by atoms with van der Waals surface area (Å²) in [6, 6.07) is 23.6. The molecule has 16 nitrogen and oxygen atoms in total. The van der Waals surface area contributed by atoms with Gasteiger partial charge in [-0.2, -0.15) is 0 Å². The number of carbonyl (C=O) groups is 5. The highest BCUT2D eigenvalue weighted by molar-refractivity contribution is 5.88. The van der Waals surface area contributed by atoms with Crippen molar-refractivity contribution in [2.24, 2.45) is 10.8 Å². The number of ether oxygens (including phenoxy) is 11. The Balaban J connectivity index is 1.24. The van der Waals surface area contributed by atoms with Gasteiger partial charge in [-0.05, 0) is 166 Å². The fraction of sp³-hybridized carbons (Fsp3) is 0.417. The van der Waals surface area contributed by atoms with Crippen LogP contribution >= 0.6 is 0 Å². The molecular weight excluding hydrogens is 977 g/mol. The van der Waals surface area contributed by atoms with E-state index in [4.69, 9.17) is 47.4 Å². The highest BCUT2D eigenvalue weighted by Crippen LogP contribution is 2.35. The van der Waals surface area contributed by atoms with E-state index in [9.17, 15) is 24.0 Å². The van der Waals surface area contributed by atoms with Gasteiger partial charge in [-0.25, -0.2) is 14.4 Å². The Labute approximate surface area is 447 Å². The predicted molar refractivity (Wildman–Crippen MR) is 288 cm³/mol. The van der Waals surface area contributed by atoms with Crippen molar-refractivity contribution in [1.82, 2.24) is 0 Å². The smallest absolute Gasteiger partial charge is 0.330 e. The van der Waals surface area contributed by atoms with E-state index in [0.717, 1.165) is 47.1 Å². The van der Waals surface area contributed by atoms with Crippen LogP contribution in [0.4, 0.5) is 0 Å². The molecule has 410 valence electrons. The van der Waals surface area contributed by atoms with E-state index < -0.39 is 28.7 Å². The molecule has 0 aliphatic rings. The number of unbranched alkanes of at least 4 members (excludes halogenated alkanes) is 3. The molecule has 4 aromatic rings. The van der Waals surface area contributed by atoms with Crippen molar-refractivity contribution in [3.8, 4) is 34.5 Å². The average Bonchev–Trinajstić information content (AvgIpc) is 3.43. The Hall–Kier alpha value is -7.75. The second-order valence-corrected chi connectivity index (χ2v) is 18.6. The van der Waals surface area contributed by atoms with Gasteiger partial charge in [0.1, 0.15) is 37.9 Å². The van der Waals surface area contributed by atoms with E-state index in [-0.39, 0.29) is 38.4 Å². The lowest BCUT2D eigenvalue weighted by Crippen LogP contribution is -2.32. The monoisotopic (exact) mass is 1050 g/mol. The zero-order valence-corrected chi connectivity index (χ0v) is 45.4. The Morgan fingerprint density at radius 1 is 0.447 bits per heavy atom. The Bertz CT molecular complexity index is 2500. The van der Waals surface area contributed by atoms with E-state index in [0.29, 0.717) is 79.8 Å². The summed E-state index contributed by atoms with van der Waals surface area (Å²) in [6.45, 7) is 8.99. The maximum absolute atomic E-state index is 13.2. The molecule has 4 rings (SSSR count). The van der Waals surface area contributed by atoms with Gasteiger partial charge in [-0.3, -0.25) is 9.59 Å². The third-order valence-electron chi connectivity index (χ3n) is 12.4. The minimum absolute atomic E-state index is 0.0933. The van der Waals surface area contributed by atoms with Crippen LogP contribution in [0.2, 0.25) is 0 Å². The second-order valence-electron chi connectivity index (χ2n) is 18.6. The first-order chi connectivity index (χ1) is 36.5. The minimum Gasteiger partial charge on any atom is -0.494 e. The first-order valence-corrected chi connectivity index (χ1v) is 25.3. The van der Waals surface area contributed by atoms with Crippen molar-refractivity contribution in [1.29, 1.82) is 0 Å². The average molecular weight is 1050 g/mol. The van der Waals surface area contributed by atoms with Crippen molar-refractivity contribution in [3.63, 3.8) is 0 Å². The van der Waals surface area contributed by atoms with Gasteiger partial charge in [0.15, 0.2) is 23.0 Å². The molecule has 76 heavy (non-hydrogen) atoms. The number of hydrogen-bond acceptors (Lipinski definition) is 16. The zero-order chi connectivity index (χ0) is 55.4. The summed E-state index contributed by atoms with van der Waals surface area (Å²) < 4.78 is 61.0. The van der Waals surface area contributed by atoms with Crippen LogP contribution in [-0.2, 0) is 60.9 Å². The summed E-state index contributed by atoms with van der Waals surface area (Å²) in [5.41, 5.74) is 2.48. The number of carbonyl (C=O) groups excluding carboxylic acids is 5. The van der Waals surface area contributed by atoms with E-state index in [1.165, 1.54) is 39.6 Å². The van der Waals surface area contributed by atoms with Crippen molar-refractivity contribution in [2.75, 3.05) is 62.0 Å². The van der Waals surface area contributed by atoms with Crippen LogP contribution in [0.3, 0.4) is 0 Å². The molecular formula is C60H74O16. The molecule has 0 saturated carbocycles. The fourth-order valence-electron chi connectivity index (χ4n) is 7.51. The number of benzene rings is 4. The Morgan fingerprint density at radius 2 is 0.921 bits per heavy atom. The van der Waals surface area contributed by atoms with Crippen LogP contribution in [0, 0.1) is 10.8 Å². The molecule has 0 radical (unpaired) electrons. The lowest BCUT2D eigenvalue weighted by Gasteiger charge is -2.28. The second kappa shape index (κ2) is 31.9. The van der Waals surface area contributed by atoms with Crippen LogP contribution in [-0.4, -0.2) is 91.8 Å². The quantitative estimate of drug-likeness (QED) is 0.0190. The van der Waals surface area contributed by atoms with E-state index in [1.54, 1.807) is 93.1 Å². The maximum Gasteiger partial charge on any atom is 0.330 e. The van der Waals surface area contributed by atoms with Gasteiger partial charge in [0, 0.05) is 18.2 Å². The summed E-state index contributed by atoms with van der Waals surface area (Å²) in [4.78, 5) is 60.9. The van der Waals surface area contributed by atoms with Crippen LogP contribution < -0.4 is 28.4 Å². The lowest BCUT2D eigenvalue weighted by atomic mass is 9.79. The highest BCUT2D eigenvalue weighted by Gasteiger charge is 2.35. The summed E-state index contributed by atoms with van der Waals surface area (Å²) in [7, 11) is 7.03. The van der Waals surface area contributed by atoms with Gasteiger partial charge in [-0.15, -0.1) is 0 Å². The van der Waals surface area contributed by atoms with Gasteiger partial charge >= 0.3 is 29.8 Å². The molecule has 0 fully saturated rings. The molecule has 0 aromatic heterocycles. The molecule has 0 N–H and O–H groups in total. The van der Waals surface area contributed by atoms with Gasteiger partial charge in [-0.1, -0.05) is 37.6 Å². The van der Waals surface area contributed by atoms with Crippen molar-refractivity contribution in [3.05, 3.63) is 125 Å². The predicted octanol–water partition coefficient (Wildman–Crippen LogP) is 11.1. The lowest BCUT2D eigenvalue weighted by molar-refractivity contribution is -0.157. The molecule has 0 spiro atoms. The molecule has 0 aliphatic heterocycles. The fourth-order valence-corrected chi connectivity index (χ4v) is 7.51. The third kappa shape index (κ3) is 20.9. The van der Waals surface area contributed by atoms with Crippen molar-refractivity contribution in [2.45, 2.75) is 92.3 Å². The Kier molecular flexibility index (Phi) is 25.5. The van der Waals surface area contributed by atoms with Gasteiger partial charge in [0.25, 0.3) is 0 Å². The number of esters is 5. The minimum atomic E-state index is -0.726. The summed E-state index contributed by atoms with van der Waals surface area (Å²) in [6.07, 6.45) is 14.4. The first-order valence-electron chi connectivity index (χ1n) is 25.3. The SMILES string of the molecule is CCC(C)(CCCC(C)(C)C(=O)OCCCCCCOc1cc(COc2ccc(/C=C/C(=O)OC)cc2OC)cc(COc2ccc(/C=C/C(=O)OC)cc2OC)c1)C(=O)OCCOc1ccc(/C=C/C(=O)OC)cc1. The van der Waals surface area contributed by atoms with Crippen LogP contribution in [0.15, 0.2) is 97.1 Å². The van der Waals surface area contributed by atoms with E-state index >= 15 is 0 Å². The topological polar surface area (TPSA) is 187 Å². The maximum atomic E-state index is 13.2. The van der Waals surface area contributed by atoms with Crippen molar-refractivity contribution < 1.29 is 76.1 Å². The molecule has 0 amide bonds. The molecule has 1 unspecified atom stereocenters. The number of methoxy groups -OCH3 is 5.